The van der Waals surface area contributed by atoms with E-state index in [0.717, 1.165) is 16.3 Å². The zero-order chi connectivity index (χ0) is 19.1. The van der Waals surface area contributed by atoms with Crippen molar-refractivity contribution in [1.29, 1.82) is 0 Å². The number of hydrogen-bond donors (Lipinski definition) is 0. The van der Waals surface area contributed by atoms with Crippen molar-refractivity contribution < 1.29 is 13.2 Å². The average molecular weight is 392 g/mol. The highest BCUT2D eigenvalue weighted by Crippen LogP contribution is 2.30. The summed E-state index contributed by atoms with van der Waals surface area (Å²) in [6.45, 7) is 8.00. The lowest BCUT2D eigenvalue weighted by Gasteiger charge is -2.16. The number of nitrogens with zero attached hydrogens (tertiary/aromatic N) is 1. The van der Waals surface area contributed by atoms with Gasteiger partial charge < -0.3 is 4.57 Å². The van der Waals surface area contributed by atoms with Crippen molar-refractivity contribution in [1.82, 2.24) is 4.57 Å². The number of rotatable bonds is 5. The summed E-state index contributed by atoms with van der Waals surface area (Å²) in [5, 5.41) is 0. The van der Waals surface area contributed by atoms with Crippen LogP contribution in [0.4, 0.5) is 0 Å². The van der Waals surface area contributed by atoms with Crippen LogP contribution in [0.15, 0.2) is 29.2 Å². The molecular formula is C20H25NO3S2. The Bertz CT molecular complexity index is 958. The Hall–Kier alpha value is -1.53. The van der Waals surface area contributed by atoms with Crippen LogP contribution < -0.4 is 0 Å². The number of aromatic nitrogens is 1. The van der Waals surface area contributed by atoms with Gasteiger partial charge >= 0.3 is 0 Å². The Morgan fingerprint density at radius 1 is 1.19 bits per heavy atom. The molecule has 0 amide bonds. The van der Waals surface area contributed by atoms with Crippen LogP contribution in [-0.4, -0.2) is 36.0 Å². The zero-order valence-corrected chi connectivity index (χ0v) is 17.3. The van der Waals surface area contributed by atoms with E-state index in [9.17, 15) is 13.2 Å². The predicted octanol–water partition coefficient (Wildman–Crippen LogP) is 4.06. The maximum absolute atomic E-state index is 12.8. The van der Waals surface area contributed by atoms with Crippen LogP contribution in [0.1, 0.15) is 45.3 Å². The summed E-state index contributed by atoms with van der Waals surface area (Å²) in [5.74, 6) is 0.890. The standard InChI is InChI=1S/C20H25NO3S2/c1-13-5-6-20(14(2)9-13)25-11-19(22)18-10-15(3)21(16(18)4)17-7-8-26(23,24)12-17/h5-6,9-10,17H,7-8,11-12H2,1-4H3/t17-/m1/s1. The van der Waals surface area contributed by atoms with Gasteiger partial charge in [-0.05, 0) is 51.8 Å². The largest absolute Gasteiger partial charge is 0.344 e. The summed E-state index contributed by atoms with van der Waals surface area (Å²) < 4.78 is 25.7. The Kier molecular flexibility index (Phi) is 5.35. The van der Waals surface area contributed by atoms with E-state index >= 15 is 0 Å². The van der Waals surface area contributed by atoms with E-state index < -0.39 is 9.84 Å². The third-order valence-electron chi connectivity index (χ3n) is 5.05. The number of aryl methyl sites for hydroxylation is 3. The number of hydrogen-bond acceptors (Lipinski definition) is 4. The van der Waals surface area contributed by atoms with Gasteiger partial charge in [-0.3, -0.25) is 4.79 Å². The fourth-order valence-corrected chi connectivity index (χ4v) is 6.38. The molecule has 6 heteroatoms. The quantitative estimate of drug-likeness (QED) is 0.570. The van der Waals surface area contributed by atoms with E-state index in [4.69, 9.17) is 0 Å². The van der Waals surface area contributed by atoms with Gasteiger partial charge in [0.1, 0.15) is 0 Å². The van der Waals surface area contributed by atoms with Gasteiger partial charge in [0, 0.05) is 27.9 Å². The van der Waals surface area contributed by atoms with Crippen molar-refractivity contribution >= 4 is 27.4 Å². The smallest absolute Gasteiger partial charge is 0.174 e. The molecule has 2 heterocycles. The molecule has 1 aromatic heterocycles. The second-order valence-corrected chi connectivity index (χ2v) is 10.4. The molecule has 1 aromatic carbocycles. The van der Waals surface area contributed by atoms with E-state index in [1.165, 1.54) is 11.1 Å². The predicted molar refractivity (Wildman–Crippen MR) is 107 cm³/mol. The first-order valence-electron chi connectivity index (χ1n) is 8.80. The van der Waals surface area contributed by atoms with Gasteiger partial charge in [-0.15, -0.1) is 11.8 Å². The molecule has 0 aliphatic carbocycles. The van der Waals surface area contributed by atoms with Crippen LogP contribution in [0.2, 0.25) is 0 Å². The summed E-state index contributed by atoms with van der Waals surface area (Å²) in [6.07, 6.45) is 0.629. The second kappa shape index (κ2) is 7.24. The van der Waals surface area contributed by atoms with Crippen molar-refractivity contribution in [3.8, 4) is 0 Å². The highest BCUT2D eigenvalue weighted by atomic mass is 32.2. The normalized spacial score (nSPS) is 19.0. The zero-order valence-electron chi connectivity index (χ0n) is 15.7. The summed E-state index contributed by atoms with van der Waals surface area (Å²) >= 11 is 1.56. The fourth-order valence-electron chi connectivity index (χ4n) is 3.78. The maximum Gasteiger partial charge on any atom is 0.174 e. The minimum atomic E-state index is -2.95. The molecule has 0 saturated carbocycles. The van der Waals surface area contributed by atoms with Gasteiger partial charge in [0.15, 0.2) is 15.6 Å². The first-order chi connectivity index (χ1) is 12.2. The lowest BCUT2D eigenvalue weighted by Crippen LogP contribution is -2.14. The van der Waals surface area contributed by atoms with Crippen molar-refractivity contribution in [2.75, 3.05) is 17.3 Å². The highest BCUT2D eigenvalue weighted by Gasteiger charge is 2.31. The molecule has 4 nitrogen and oxygen atoms in total. The van der Waals surface area contributed by atoms with Gasteiger partial charge in [-0.1, -0.05) is 17.7 Å². The van der Waals surface area contributed by atoms with Gasteiger partial charge in [0.25, 0.3) is 0 Å². The van der Waals surface area contributed by atoms with Gasteiger partial charge in [-0.2, -0.15) is 0 Å². The number of sulfone groups is 1. The SMILES string of the molecule is Cc1ccc(SCC(=O)c2cc(C)n([C@@H]3CCS(=O)(=O)C3)c2C)c(C)c1. The minimum Gasteiger partial charge on any atom is -0.344 e. The maximum atomic E-state index is 12.8. The molecule has 3 rings (SSSR count). The number of Topliss-reactive ketones (excluding diaryl/α,β-unsaturated/α-hetero) is 1. The van der Waals surface area contributed by atoms with Crippen LogP contribution in [-0.2, 0) is 9.84 Å². The number of benzene rings is 1. The van der Waals surface area contributed by atoms with E-state index in [1.807, 2.05) is 24.5 Å². The molecule has 1 atom stereocenters. The Balaban J connectivity index is 1.77. The summed E-state index contributed by atoms with van der Waals surface area (Å²) in [4.78, 5) is 13.9. The Morgan fingerprint density at radius 2 is 1.92 bits per heavy atom. The third-order valence-corrected chi connectivity index (χ3v) is 7.97. The molecule has 140 valence electrons. The van der Waals surface area contributed by atoms with Crippen LogP contribution in [0, 0.1) is 27.7 Å². The molecule has 26 heavy (non-hydrogen) atoms. The van der Waals surface area contributed by atoms with Crippen LogP contribution >= 0.6 is 11.8 Å². The molecule has 0 bridgehead atoms. The number of thioether (sulfide) groups is 1. The van der Waals surface area contributed by atoms with Crippen LogP contribution in [0.25, 0.3) is 0 Å². The van der Waals surface area contributed by atoms with Crippen LogP contribution in [0.5, 0.6) is 0 Å². The summed E-state index contributed by atoms with van der Waals surface area (Å²) in [7, 11) is -2.95. The molecule has 1 saturated heterocycles. The second-order valence-electron chi connectivity index (χ2n) is 7.19. The molecular weight excluding hydrogens is 366 g/mol. The lowest BCUT2D eigenvalue weighted by molar-refractivity contribution is 0.102. The fraction of sp³-hybridized carbons (Fsp3) is 0.450. The third kappa shape index (κ3) is 3.91. The van der Waals surface area contributed by atoms with Crippen LogP contribution in [0.3, 0.4) is 0 Å². The molecule has 0 radical (unpaired) electrons. The lowest BCUT2D eigenvalue weighted by atomic mass is 10.2. The Morgan fingerprint density at radius 3 is 2.54 bits per heavy atom. The molecule has 1 aliphatic heterocycles. The van der Waals surface area contributed by atoms with Crippen molar-refractivity contribution in [3.05, 3.63) is 52.3 Å². The summed E-state index contributed by atoms with van der Waals surface area (Å²) in [5.41, 5.74) is 4.96. The topological polar surface area (TPSA) is 56.1 Å². The van der Waals surface area contributed by atoms with Gasteiger partial charge in [-0.25, -0.2) is 8.42 Å². The first kappa shape index (κ1) is 19.2. The van der Waals surface area contributed by atoms with Crippen molar-refractivity contribution in [2.45, 2.75) is 45.1 Å². The molecule has 1 fully saturated rings. The van der Waals surface area contributed by atoms with E-state index in [1.54, 1.807) is 11.8 Å². The molecule has 0 unspecified atom stereocenters. The van der Waals surface area contributed by atoms with Gasteiger partial charge in [0.05, 0.1) is 17.3 Å². The highest BCUT2D eigenvalue weighted by molar-refractivity contribution is 8.00. The van der Waals surface area contributed by atoms with Crippen molar-refractivity contribution in [3.63, 3.8) is 0 Å². The first-order valence-corrected chi connectivity index (χ1v) is 11.6. The molecule has 0 N–H and O–H groups in total. The summed E-state index contributed by atoms with van der Waals surface area (Å²) in [6, 6.07) is 8.11. The molecule has 1 aliphatic rings. The van der Waals surface area contributed by atoms with E-state index in [0.29, 0.717) is 17.7 Å². The minimum absolute atomic E-state index is 0.0476. The van der Waals surface area contributed by atoms with E-state index in [2.05, 4.69) is 32.0 Å². The molecule has 2 aromatic rings. The Labute approximate surface area is 159 Å². The monoisotopic (exact) mass is 391 g/mol. The number of carbonyl (C=O) groups excluding carboxylic acids is 1. The molecule has 0 spiro atoms. The van der Waals surface area contributed by atoms with E-state index in [-0.39, 0.29) is 23.3 Å². The van der Waals surface area contributed by atoms with Crippen molar-refractivity contribution in [2.24, 2.45) is 0 Å². The number of ketones is 1. The number of carbonyl (C=O) groups is 1. The average Bonchev–Trinajstić information content (AvgIpc) is 3.05. The van der Waals surface area contributed by atoms with Gasteiger partial charge in [0.2, 0.25) is 0 Å².